The number of morpholine rings is 1. The number of ether oxygens (including phenoxy) is 1. The maximum atomic E-state index is 13.3. The molecule has 2 saturated heterocycles. The summed E-state index contributed by atoms with van der Waals surface area (Å²) in [6, 6.07) is 10.0. The highest BCUT2D eigenvalue weighted by Crippen LogP contribution is 2.42. The van der Waals surface area contributed by atoms with E-state index in [0.717, 1.165) is 29.8 Å². The van der Waals surface area contributed by atoms with Crippen LogP contribution in [0.15, 0.2) is 36.5 Å². The number of para-hydroxylation sites is 1. The average Bonchev–Trinajstić information content (AvgIpc) is 3.58. The molecule has 2 amide bonds. The fraction of sp³-hybridized carbons (Fsp3) is 0.522. The molecule has 3 fully saturated rings. The lowest BCUT2D eigenvalue weighted by molar-refractivity contribution is -0.136. The van der Waals surface area contributed by atoms with Crippen LogP contribution in [0.3, 0.4) is 0 Å². The summed E-state index contributed by atoms with van der Waals surface area (Å²) in [7, 11) is 0. The van der Waals surface area contributed by atoms with Crippen molar-refractivity contribution in [1.82, 2.24) is 24.5 Å². The van der Waals surface area contributed by atoms with Crippen LogP contribution in [-0.4, -0.2) is 95.3 Å². The van der Waals surface area contributed by atoms with Gasteiger partial charge in [-0.2, -0.15) is 5.10 Å². The lowest BCUT2D eigenvalue weighted by Gasteiger charge is -2.36. The van der Waals surface area contributed by atoms with Gasteiger partial charge in [-0.1, -0.05) is 18.2 Å². The van der Waals surface area contributed by atoms with Crippen LogP contribution >= 0.6 is 0 Å². The van der Waals surface area contributed by atoms with Crippen LogP contribution in [0.25, 0.3) is 5.69 Å². The molecule has 8 heteroatoms. The highest BCUT2D eigenvalue weighted by molar-refractivity contribution is 5.95. The van der Waals surface area contributed by atoms with Gasteiger partial charge in [0.15, 0.2) is 0 Å². The van der Waals surface area contributed by atoms with Gasteiger partial charge in [0.05, 0.1) is 42.9 Å². The normalized spacial score (nSPS) is 20.1. The summed E-state index contributed by atoms with van der Waals surface area (Å²) in [5.74, 6) is 0.626. The Labute approximate surface area is 182 Å². The maximum Gasteiger partial charge on any atom is 0.257 e. The Morgan fingerprint density at radius 1 is 0.935 bits per heavy atom. The van der Waals surface area contributed by atoms with Crippen molar-refractivity contribution in [2.24, 2.45) is 0 Å². The number of amides is 2. The third-order valence-electron chi connectivity index (χ3n) is 6.38. The molecule has 0 bridgehead atoms. The molecule has 0 unspecified atom stereocenters. The predicted molar refractivity (Wildman–Crippen MR) is 115 cm³/mol. The van der Waals surface area contributed by atoms with Crippen molar-refractivity contribution in [3.8, 4) is 5.69 Å². The van der Waals surface area contributed by atoms with E-state index in [1.165, 1.54) is 0 Å². The van der Waals surface area contributed by atoms with E-state index in [2.05, 4.69) is 10.00 Å². The molecule has 164 valence electrons. The minimum atomic E-state index is 0.0586. The Kier molecular flexibility index (Phi) is 5.74. The Morgan fingerprint density at radius 3 is 2.32 bits per heavy atom. The summed E-state index contributed by atoms with van der Waals surface area (Å²) in [6.07, 6.45) is 3.95. The number of nitrogens with zero attached hydrogens (tertiary/aromatic N) is 5. The van der Waals surface area contributed by atoms with E-state index < -0.39 is 0 Å². The molecule has 1 aromatic heterocycles. The monoisotopic (exact) mass is 423 g/mol. The molecule has 0 atom stereocenters. The van der Waals surface area contributed by atoms with Crippen LogP contribution in [0.1, 0.15) is 34.8 Å². The first-order valence-corrected chi connectivity index (χ1v) is 11.2. The first-order valence-electron chi connectivity index (χ1n) is 11.2. The summed E-state index contributed by atoms with van der Waals surface area (Å²) in [6.45, 7) is 5.70. The molecule has 3 heterocycles. The number of hydrogen-bond donors (Lipinski definition) is 0. The second-order valence-electron chi connectivity index (χ2n) is 8.53. The molecule has 0 N–H and O–H groups in total. The SMILES string of the molecule is O=C(CN1CCN(C(=O)c2cnn(-c3ccccc3)c2C2CC2)CC1)N1CCOCC1. The van der Waals surface area contributed by atoms with E-state index >= 15 is 0 Å². The molecule has 1 saturated carbocycles. The second-order valence-corrected chi connectivity index (χ2v) is 8.53. The van der Waals surface area contributed by atoms with Crippen molar-refractivity contribution in [2.75, 3.05) is 59.0 Å². The van der Waals surface area contributed by atoms with Crippen molar-refractivity contribution < 1.29 is 14.3 Å². The van der Waals surface area contributed by atoms with Crippen LogP contribution in [0.5, 0.6) is 0 Å². The van der Waals surface area contributed by atoms with E-state index in [0.29, 0.717) is 64.9 Å². The third kappa shape index (κ3) is 4.36. The zero-order chi connectivity index (χ0) is 21.2. The van der Waals surface area contributed by atoms with Crippen LogP contribution in [0.2, 0.25) is 0 Å². The van der Waals surface area contributed by atoms with E-state index in [1.54, 1.807) is 6.20 Å². The lowest BCUT2D eigenvalue weighted by atomic mass is 10.1. The topological polar surface area (TPSA) is 70.9 Å². The number of piperazine rings is 1. The van der Waals surface area contributed by atoms with Crippen molar-refractivity contribution in [2.45, 2.75) is 18.8 Å². The molecular formula is C23H29N5O3. The van der Waals surface area contributed by atoms with Crippen LogP contribution in [-0.2, 0) is 9.53 Å². The van der Waals surface area contributed by atoms with Gasteiger partial charge in [0, 0.05) is 45.2 Å². The summed E-state index contributed by atoms with van der Waals surface area (Å²) in [5.41, 5.74) is 2.76. The number of hydrogen-bond acceptors (Lipinski definition) is 5. The molecule has 2 aliphatic heterocycles. The summed E-state index contributed by atoms with van der Waals surface area (Å²) >= 11 is 0. The van der Waals surface area contributed by atoms with Crippen molar-refractivity contribution in [3.63, 3.8) is 0 Å². The first-order chi connectivity index (χ1) is 15.2. The van der Waals surface area contributed by atoms with Gasteiger partial charge in [-0.25, -0.2) is 4.68 Å². The van der Waals surface area contributed by atoms with Crippen molar-refractivity contribution in [3.05, 3.63) is 47.8 Å². The van der Waals surface area contributed by atoms with E-state index in [9.17, 15) is 9.59 Å². The number of aromatic nitrogens is 2. The molecule has 8 nitrogen and oxygen atoms in total. The van der Waals surface area contributed by atoms with E-state index in [4.69, 9.17) is 4.74 Å². The average molecular weight is 424 g/mol. The van der Waals surface area contributed by atoms with Crippen LogP contribution in [0.4, 0.5) is 0 Å². The fourth-order valence-corrected chi connectivity index (χ4v) is 4.43. The number of carbonyl (C=O) groups is 2. The molecule has 1 aromatic carbocycles. The van der Waals surface area contributed by atoms with E-state index in [-0.39, 0.29) is 11.8 Å². The summed E-state index contributed by atoms with van der Waals surface area (Å²) < 4.78 is 7.26. The quantitative estimate of drug-likeness (QED) is 0.727. The molecule has 0 spiro atoms. The van der Waals surface area contributed by atoms with Gasteiger partial charge in [0.1, 0.15) is 0 Å². The molecule has 31 heavy (non-hydrogen) atoms. The van der Waals surface area contributed by atoms with E-state index in [1.807, 2.05) is 44.8 Å². The summed E-state index contributed by atoms with van der Waals surface area (Å²) in [5, 5.41) is 4.57. The fourth-order valence-electron chi connectivity index (χ4n) is 4.43. The molecule has 1 aliphatic carbocycles. The van der Waals surface area contributed by atoms with Crippen LogP contribution in [0, 0.1) is 0 Å². The van der Waals surface area contributed by atoms with Gasteiger partial charge in [-0.3, -0.25) is 14.5 Å². The number of rotatable bonds is 5. The van der Waals surface area contributed by atoms with Gasteiger partial charge < -0.3 is 14.5 Å². The number of benzene rings is 1. The third-order valence-corrected chi connectivity index (χ3v) is 6.38. The van der Waals surface area contributed by atoms with Gasteiger partial charge in [-0.05, 0) is 25.0 Å². The van der Waals surface area contributed by atoms with Gasteiger partial charge in [-0.15, -0.1) is 0 Å². The zero-order valence-electron chi connectivity index (χ0n) is 17.8. The predicted octanol–water partition coefficient (Wildman–Crippen LogP) is 1.37. The minimum Gasteiger partial charge on any atom is -0.378 e. The zero-order valence-corrected chi connectivity index (χ0v) is 17.8. The van der Waals surface area contributed by atoms with Crippen LogP contribution < -0.4 is 0 Å². The Bertz CT molecular complexity index is 926. The maximum absolute atomic E-state index is 13.3. The Balaban J connectivity index is 1.23. The van der Waals surface area contributed by atoms with Crippen molar-refractivity contribution >= 4 is 11.8 Å². The molecule has 2 aromatic rings. The van der Waals surface area contributed by atoms with Gasteiger partial charge in [0.2, 0.25) is 5.91 Å². The number of carbonyl (C=O) groups excluding carboxylic acids is 2. The summed E-state index contributed by atoms with van der Waals surface area (Å²) in [4.78, 5) is 31.8. The molecule has 3 aliphatic rings. The molecule has 5 rings (SSSR count). The van der Waals surface area contributed by atoms with Gasteiger partial charge in [0.25, 0.3) is 5.91 Å². The van der Waals surface area contributed by atoms with Crippen molar-refractivity contribution in [1.29, 1.82) is 0 Å². The van der Waals surface area contributed by atoms with Gasteiger partial charge >= 0.3 is 0 Å². The largest absolute Gasteiger partial charge is 0.378 e. The highest BCUT2D eigenvalue weighted by atomic mass is 16.5. The smallest absolute Gasteiger partial charge is 0.257 e. The second kappa shape index (κ2) is 8.80. The highest BCUT2D eigenvalue weighted by Gasteiger charge is 2.35. The molecule has 0 radical (unpaired) electrons. The Hall–Kier alpha value is -2.71. The lowest BCUT2D eigenvalue weighted by Crippen LogP contribution is -2.52. The standard InChI is InChI=1S/C23H29N5O3/c29-21(26-12-14-31-15-13-26)17-25-8-10-27(11-9-25)23(30)20-16-24-28(22(20)18-6-7-18)19-4-2-1-3-5-19/h1-5,16,18H,6-15,17H2. The molecular weight excluding hydrogens is 394 g/mol. The first kappa shape index (κ1) is 20.2. The minimum absolute atomic E-state index is 0.0586. The Morgan fingerprint density at radius 2 is 1.65 bits per heavy atom.